The van der Waals surface area contributed by atoms with Crippen molar-refractivity contribution in [2.45, 2.75) is 18.6 Å². The molecule has 1 aromatic carbocycles. The van der Waals surface area contributed by atoms with Crippen molar-refractivity contribution in [3.63, 3.8) is 0 Å². The molecule has 1 amide bonds. The zero-order valence-corrected chi connectivity index (χ0v) is 9.93. The number of benzene rings is 1. The molecule has 1 fully saturated rings. The van der Waals surface area contributed by atoms with Gasteiger partial charge in [-0.2, -0.15) is 0 Å². The smallest absolute Gasteiger partial charge is 0.407 e. The topological polar surface area (TPSA) is 81.0 Å². The van der Waals surface area contributed by atoms with Crippen LogP contribution in [0.2, 0.25) is 5.02 Å². The molecule has 1 saturated heterocycles. The molecule has 1 aromatic rings. The van der Waals surface area contributed by atoms with Crippen LogP contribution in [0.3, 0.4) is 0 Å². The lowest BCUT2D eigenvalue weighted by Gasteiger charge is -2.22. The number of aliphatic hydroxyl groups is 1. The Morgan fingerprint density at radius 1 is 1.50 bits per heavy atom. The molecule has 0 spiro atoms. The van der Waals surface area contributed by atoms with E-state index < -0.39 is 24.1 Å². The Morgan fingerprint density at radius 2 is 2.17 bits per heavy atom. The predicted octanol–water partition coefficient (Wildman–Crippen LogP) is 1.97. The summed E-state index contributed by atoms with van der Waals surface area (Å²) in [5.74, 6) is -1.03. The average Bonchev–Trinajstić information content (AvgIpc) is 2.65. The third kappa shape index (κ3) is 2.21. The second kappa shape index (κ2) is 4.62. The molecular weight excluding hydrogens is 265 g/mol. The maximum atomic E-state index is 13.3. The van der Waals surface area contributed by atoms with Gasteiger partial charge < -0.3 is 15.3 Å². The SMILES string of the molecule is O=C(O)N1C[C@H](O)CC1c1cc(F)cc(Cl)c1O. The third-order valence-corrected chi connectivity index (χ3v) is 3.23. The zero-order chi connectivity index (χ0) is 13.4. The summed E-state index contributed by atoms with van der Waals surface area (Å²) in [5, 5.41) is 28.1. The van der Waals surface area contributed by atoms with E-state index in [0.29, 0.717) is 0 Å². The number of hydrogen-bond donors (Lipinski definition) is 3. The molecule has 18 heavy (non-hydrogen) atoms. The maximum absolute atomic E-state index is 13.3. The van der Waals surface area contributed by atoms with Gasteiger partial charge in [-0.15, -0.1) is 0 Å². The van der Waals surface area contributed by atoms with Crippen molar-refractivity contribution < 1.29 is 24.5 Å². The largest absolute Gasteiger partial charge is 0.506 e. The molecule has 3 N–H and O–H groups in total. The Bertz CT molecular complexity index is 496. The van der Waals surface area contributed by atoms with Crippen molar-refractivity contribution in [1.82, 2.24) is 4.90 Å². The lowest BCUT2D eigenvalue weighted by Crippen LogP contribution is -2.30. The van der Waals surface area contributed by atoms with Crippen LogP contribution in [-0.2, 0) is 0 Å². The van der Waals surface area contributed by atoms with Crippen LogP contribution in [0.5, 0.6) is 5.75 Å². The summed E-state index contributed by atoms with van der Waals surface area (Å²) in [7, 11) is 0. The number of rotatable bonds is 1. The number of halogens is 2. The molecule has 0 aliphatic carbocycles. The van der Waals surface area contributed by atoms with Crippen LogP contribution in [0.15, 0.2) is 12.1 Å². The Kier molecular flexibility index (Phi) is 3.32. The number of phenols is 1. The lowest BCUT2D eigenvalue weighted by atomic mass is 10.0. The van der Waals surface area contributed by atoms with E-state index in [-0.39, 0.29) is 29.3 Å². The van der Waals surface area contributed by atoms with Crippen molar-refractivity contribution in [1.29, 1.82) is 0 Å². The number of aromatic hydroxyl groups is 1. The molecule has 1 aliphatic rings. The van der Waals surface area contributed by atoms with Crippen LogP contribution >= 0.6 is 11.6 Å². The molecule has 1 heterocycles. The molecular formula is C11H11ClFNO4. The fourth-order valence-electron chi connectivity index (χ4n) is 2.16. The van der Waals surface area contributed by atoms with Crippen LogP contribution in [0.4, 0.5) is 9.18 Å². The maximum Gasteiger partial charge on any atom is 0.407 e. The number of amides is 1. The van der Waals surface area contributed by atoms with E-state index in [9.17, 15) is 19.4 Å². The number of nitrogens with zero attached hydrogens (tertiary/aromatic N) is 1. The van der Waals surface area contributed by atoms with Crippen LogP contribution in [-0.4, -0.2) is 39.0 Å². The van der Waals surface area contributed by atoms with Gasteiger partial charge in [0.1, 0.15) is 11.6 Å². The van der Waals surface area contributed by atoms with E-state index in [1.807, 2.05) is 0 Å². The van der Waals surface area contributed by atoms with Crippen molar-refractivity contribution >= 4 is 17.7 Å². The summed E-state index contributed by atoms with van der Waals surface area (Å²) < 4.78 is 13.3. The number of likely N-dealkylation sites (tertiary alicyclic amines) is 1. The standard InChI is InChI=1S/C11H11ClFNO4/c12-8-2-5(13)1-7(10(8)16)9-3-6(15)4-14(9)11(17)18/h1-2,6,9,15-16H,3-4H2,(H,17,18)/t6-,9?/m1/s1. The summed E-state index contributed by atoms with van der Waals surface area (Å²) in [4.78, 5) is 12.0. The second-order valence-electron chi connectivity index (χ2n) is 4.17. The highest BCUT2D eigenvalue weighted by atomic mass is 35.5. The van der Waals surface area contributed by atoms with Gasteiger partial charge in [-0.25, -0.2) is 9.18 Å². The number of hydrogen-bond acceptors (Lipinski definition) is 3. The first-order chi connectivity index (χ1) is 8.40. The van der Waals surface area contributed by atoms with Gasteiger partial charge in [0.2, 0.25) is 0 Å². The lowest BCUT2D eigenvalue weighted by molar-refractivity contribution is 0.131. The summed E-state index contributed by atoms with van der Waals surface area (Å²) in [5.41, 5.74) is 0.0685. The van der Waals surface area contributed by atoms with Gasteiger partial charge in [0.15, 0.2) is 0 Å². The minimum Gasteiger partial charge on any atom is -0.506 e. The summed E-state index contributed by atoms with van der Waals surface area (Å²) in [6.45, 7) is -0.0758. The quantitative estimate of drug-likeness (QED) is 0.732. The fourth-order valence-corrected chi connectivity index (χ4v) is 2.37. The normalized spacial score (nSPS) is 23.4. The van der Waals surface area contributed by atoms with Crippen molar-refractivity contribution in [3.8, 4) is 5.75 Å². The summed E-state index contributed by atoms with van der Waals surface area (Å²) in [6.07, 6.45) is -1.98. The average molecular weight is 276 g/mol. The number of phenolic OH excluding ortho intramolecular Hbond substituents is 1. The van der Waals surface area contributed by atoms with E-state index in [2.05, 4.69) is 0 Å². The highest BCUT2D eigenvalue weighted by Crippen LogP contribution is 2.40. The van der Waals surface area contributed by atoms with Crippen molar-refractivity contribution in [3.05, 3.63) is 28.5 Å². The highest BCUT2D eigenvalue weighted by Gasteiger charge is 2.37. The molecule has 98 valence electrons. The minimum atomic E-state index is -1.24. The molecule has 2 atom stereocenters. The summed E-state index contributed by atoms with van der Waals surface area (Å²) in [6, 6.07) is 1.17. The van der Waals surface area contributed by atoms with Gasteiger partial charge in [-0.3, -0.25) is 4.90 Å². The monoisotopic (exact) mass is 275 g/mol. The highest BCUT2D eigenvalue weighted by molar-refractivity contribution is 6.32. The van der Waals surface area contributed by atoms with E-state index >= 15 is 0 Å². The van der Waals surface area contributed by atoms with Gasteiger partial charge >= 0.3 is 6.09 Å². The molecule has 1 aliphatic heterocycles. The molecule has 0 saturated carbocycles. The van der Waals surface area contributed by atoms with Gasteiger partial charge in [0.05, 0.1) is 23.7 Å². The van der Waals surface area contributed by atoms with Gasteiger partial charge in [-0.1, -0.05) is 11.6 Å². The predicted molar refractivity (Wildman–Crippen MR) is 61.2 cm³/mol. The number of aliphatic hydroxyl groups excluding tert-OH is 1. The van der Waals surface area contributed by atoms with Gasteiger partial charge in [-0.05, 0) is 18.6 Å². The van der Waals surface area contributed by atoms with Crippen molar-refractivity contribution in [2.24, 2.45) is 0 Å². The van der Waals surface area contributed by atoms with Crippen LogP contribution in [0.1, 0.15) is 18.0 Å². The van der Waals surface area contributed by atoms with E-state index in [0.717, 1.165) is 17.0 Å². The Morgan fingerprint density at radius 3 is 2.78 bits per heavy atom. The van der Waals surface area contributed by atoms with E-state index in [4.69, 9.17) is 16.7 Å². The van der Waals surface area contributed by atoms with Gasteiger partial charge in [0, 0.05) is 5.56 Å². The van der Waals surface area contributed by atoms with E-state index in [1.165, 1.54) is 0 Å². The fraction of sp³-hybridized carbons (Fsp3) is 0.364. The first-order valence-electron chi connectivity index (χ1n) is 5.25. The molecule has 1 unspecified atom stereocenters. The van der Waals surface area contributed by atoms with E-state index in [1.54, 1.807) is 0 Å². The minimum absolute atomic E-state index is 0.0685. The van der Waals surface area contributed by atoms with Crippen LogP contribution in [0, 0.1) is 5.82 Å². The number of carboxylic acid groups (broad SMARTS) is 1. The Balaban J connectivity index is 2.44. The molecule has 0 radical (unpaired) electrons. The Labute approximate surface area is 107 Å². The molecule has 7 heteroatoms. The first kappa shape index (κ1) is 12.9. The van der Waals surface area contributed by atoms with Gasteiger partial charge in [0.25, 0.3) is 0 Å². The van der Waals surface area contributed by atoms with Crippen LogP contribution in [0.25, 0.3) is 0 Å². The molecule has 5 nitrogen and oxygen atoms in total. The second-order valence-corrected chi connectivity index (χ2v) is 4.57. The zero-order valence-electron chi connectivity index (χ0n) is 9.18. The van der Waals surface area contributed by atoms with Crippen LogP contribution < -0.4 is 0 Å². The molecule has 0 bridgehead atoms. The Hall–Kier alpha value is -1.53. The number of carbonyl (C=O) groups is 1. The molecule has 0 aromatic heterocycles. The molecule has 2 rings (SSSR count). The van der Waals surface area contributed by atoms with Crippen molar-refractivity contribution in [2.75, 3.05) is 6.54 Å². The first-order valence-corrected chi connectivity index (χ1v) is 5.63. The number of β-amino-alcohol motifs (C(OH)–C–C–N with tert-alkyl or cyclic N) is 1. The third-order valence-electron chi connectivity index (χ3n) is 2.94. The summed E-state index contributed by atoms with van der Waals surface area (Å²) >= 11 is 5.64.